The highest BCUT2D eigenvalue weighted by Crippen LogP contribution is 2.34. The molecule has 0 aliphatic rings. The predicted molar refractivity (Wildman–Crippen MR) is 81.8 cm³/mol. The second-order valence-electron chi connectivity index (χ2n) is 4.82. The Bertz CT molecular complexity index is 655. The molecule has 0 radical (unpaired) electrons. The van der Waals surface area contributed by atoms with E-state index in [1.54, 1.807) is 7.05 Å². The van der Waals surface area contributed by atoms with Crippen molar-refractivity contribution in [1.29, 1.82) is 0 Å². The standard InChI is InChI=1S/C13H16ClN3O2S/c1-6(2)5-19-12(18)9-7(3)8-10(14)16-13(15-4)17-11(8)20-9/h6H,5H2,1-4H3,(H,15,16,17). The molecule has 1 N–H and O–H groups in total. The number of aryl methyl sites for hydroxylation is 1. The van der Waals surface area contributed by atoms with Crippen molar-refractivity contribution in [1.82, 2.24) is 9.97 Å². The lowest BCUT2D eigenvalue weighted by Gasteiger charge is -2.06. The number of fused-ring (bicyclic) bond motifs is 1. The summed E-state index contributed by atoms with van der Waals surface area (Å²) in [6.45, 7) is 6.21. The van der Waals surface area contributed by atoms with Gasteiger partial charge in [-0.15, -0.1) is 11.3 Å². The lowest BCUT2D eigenvalue weighted by molar-refractivity contribution is 0.0464. The summed E-state index contributed by atoms with van der Waals surface area (Å²) in [5.74, 6) is 0.403. The van der Waals surface area contributed by atoms with Crippen molar-refractivity contribution >= 4 is 45.1 Å². The number of nitrogens with zero attached hydrogens (tertiary/aromatic N) is 2. The number of carbonyl (C=O) groups excluding carboxylic acids is 1. The van der Waals surface area contributed by atoms with Gasteiger partial charge in [-0.3, -0.25) is 0 Å². The van der Waals surface area contributed by atoms with Gasteiger partial charge in [0.15, 0.2) is 0 Å². The Kier molecular flexibility index (Phi) is 4.45. The van der Waals surface area contributed by atoms with E-state index in [1.807, 2.05) is 20.8 Å². The van der Waals surface area contributed by atoms with Crippen LogP contribution in [0.3, 0.4) is 0 Å². The molecule has 7 heteroatoms. The average Bonchev–Trinajstić information content (AvgIpc) is 2.73. The van der Waals surface area contributed by atoms with Crippen LogP contribution < -0.4 is 5.32 Å². The second-order valence-corrected chi connectivity index (χ2v) is 6.17. The first-order chi connectivity index (χ1) is 9.43. The lowest BCUT2D eigenvalue weighted by atomic mass is 10.2. The summed E-state index contributed by atoms with van der Waals surface area (Å²) in [6, 6.07) is 0. The quantitative estimate of drug-likeness (QED) is 0.691. The molecule has 0 saturated heterocycles. The van der Waals surface area contributed by atoms with Crippen LogP contribution in [0.5, 0.6) is 0 Å². The first-order valence-corrected chi connectivity index (χ1v) is 7.45. The number of esters is 1. The number of thiophene rings is 1. The van der Waals surface area contributed by atoms with E-state index in [9.17, 15) is 4.79 Å². The molecule has 0 atom stereocenters. The Morgan fingerprint density at radius 3 is 2.75 bits per heavy atom. The molecule has 0 unspecified atom stereocenters. The molecule has 2 heterocycles. The number of carbonyl (C=O) groups is 1. The molecular formula is C13H16ClN3O2S. The normalized spacial score (nSPS) is 11.1. The molecule has 0 amide bonds. The Hall–Kier alpha value is -1.40. The van der Waals surface area contributed by atoms with E-state index in [1.165, 1.54) is 11.3 Å². The van der Waals surface area contributed by atoms with Crippen LogP contribution in [0.4, 0.5) is 5.95 Å². The van der Waals surface area contributed by atoms with Gasteiger partial charge in [0.1, 0.15) is 14.9 Å². The molecule has 0 aliphatic carbocycles. The summed E-state index contributed by atoms with van der Waals surface area (Å²) < 4.78 is 5.26. The van der Waals surface area contributed by atoms with Crippen LogP contribution in [-0.4, -0.2) is 29.6 Å². The molecule has 0 spiro atoms. The van der Waals surface area contributed by atoms with Gasteiger partial charge < -0.3 is 10.1 Å². The fraction of sp³-hybridized carbons (Fsp3) is 0.462. The molecule has 20 heavy (non-hydrogen) atoms. The fourth-order valence-electron chi connectivity index (χ4n) is 1.70. The van der Waals surface area contributed by atoms with Crippen LogP contribution in [0.25, 0.3) is 10.2 Å². The maximum absolute atomic E-state index is 12.1. The highest BCUT2D eigenvalue weighted by Gasteiger charge is 2.21. The van der Waals surface area contributed by atoms with Crippen LogP contribution in [0.15, 0.2) is 0 Å². The number of hydrogen-bond acceptors (Lipinski definition) is 6. The van der Waals surface area contributed by atoms with Gasteiger partial charge >= 0.3 is 5.97 Å². The van der Waals surface area contributed by atoms with Crippen molar-refractivity contribution < 1.29 is 9.53 Å². The molecule has 108 valence electrons. The van der Waals surface area contributed by atoms with E-state index in [0.29, 0.717) is 38.7 Å². The average molecular weight is 314 g/mol. The van der Waals surface area contributed by atoms with Gasteiger partial charge in [0, 0.05) is 7.05 Å². The molecule has 0 fully saturated rings. The Morgan fingerprint density at radius 1 is 1.45 bits per heavy atom. The summed E-state index contributed by atoms with van der Waals surface area (Å²) >= 11 is 7.43. The summed E-state index contributed by atoms with van der Waals surface area (Å²) in [7, 11) is 1.72. The van der Waals surface area contributed by atoms with Crippen LogP contribution in [-0.2, 0) is 4.74 Å². The van der Waals surface area contributed by atoms with Crippen LogP contribution in [0.2, 0.25) is 5.15 Å². The zero-order valence-electron chi connectivity index (χ0n) is 11.8. The van der Waals surface area contributed by atoms with Crippen molar-refractivity contribution in [2.75, 3.05) is 19.0 Å². The van der Waals surface area contributed by atoms with Gasteiger partial charge in [-0.1, -0.05) is 25.4 Å². The summed E-state index contributed by atoms with van der Waals surface area (Å²) in [5, 5.41) is 3.90. The predicted octanol–water partition coefficient (Wildman–Crippen LogP) is 3.51. The Morgan fingerprint density at radius 2 is 2.15 bits per heavy atom. The second kappa shape index (κ2) is 5.93. The van der Waals surface area contributed by atoms with Crippen LogP contribution in [0, 0.1) is 12.8 Å². The van der Waals surface area contributed by atoms with Gasteiger partial charge in [0.2, 0.25) is 5.95 Å². The summed E-state index contributed by atoms with van der Waals surface area (Å²) in [6.07, 6.45) is 0. The van der Waals surface area contributed by atoms with Gasteiger partial charge in [0.25, 0.3) is 0 Å². The molecule has 2 rings (SSSR count). The van der Waals surface area contributed by atoms with Gasteiger partial charge in [0.05, 0.1) is 12.0 Å². The fourth-order valence-corrected chi connectivity index (χ4v) is 3.15. The molecule has 0 aromatic carbocycles. The third kappa shape index (κ3) is 2.86. The summed E-state index contributed by atoms with van der Waals surface area (Å²) in [4.78, 5) is 21.7. The van der Waals surface area contributed by atoms with E-state index in [-0.39, 0.29) is 5.97 Å². The van der Waals surface area contributed by atoms with Crippen molar-refractivity contribution in [3.63, 3.8) is 0 Å². The lowest BCUT2D eigenvalue weighted by Crippen LogP contribution is -2.09. The van der Waals surface area contributed by atoms with Crippen molar-refractivity contribution in [3.8, 4) is 0 Å². The zero-order valence-corrected chi connectivity index (χ0v) is 13.4. The van der Waals surface area contributed by atoms with Crippen LogP contribution in [0.1, 0.15) is 29.1 Å². The van der Waals surface area contributed by atoms with E-state index < -0.39 is 0 Å². The first-order valence-electron chi connectivity index (χ1n) is 6.25. The molecular weight excluding hydrogens is 298 g/mol. The maximum atomic E-state index is 12.1. The van der Waals surface area contributed by atoms with Crippen molar-refractivity contribution in [3.05, 3.63) is 15.6 Å². The molecule has 2 aromatic rings. The monoisotopic (exact) mass is 313 g/mol. The molecule has 0 saturated carbocycles. The summed E-state index contributed by atoms with van der Waals surface area (Å²) in [5.41, 5.74) is 0.770. The maximum Gasteiger partial charge on any atom is 0.348 e. The largest absolute Gasteiger partial charge is 0.461 e. The third-order valence-corrected chi connectivity index (χ3v) is 4.14. The number of ether oxygens (including phenoxy) is 1. The van der Waals surface area contributed by atoms with Crippen LogP contribution >= 0.6 is 22.9 Å². The zero-order chi connectivity index (χ0) is 14.9. The molecule has 0 bridgehead atoms. The first kappa shape index (κ1) is 15.0. The van der Waals surface area contributed by atoms with E-state index >= 15 is 0 Å². The smallest absolute Gasteiger partial charge is 0.348 e. The molecule has 2 aromatic heterocycles. The highest BCUT2D eigenvalue weighted by atomic mass is 35.5. The SMILES string of the molecule is CNc1nc(Cl)c2c(C)c(C(=O)OCC(C)C)sc2n1. The number of nitrogens with one attached hydrogen (secondary N) is 1. The number of aromatic nitrogens is 2. The van der Waals surface area contributed by atoms with E-state index in [4.69, 9.17) is 16.3 Å². The van der Waals surface area contributed by atoms with Gasteiger partial charge in [-0.2, -0.15) is 0 Å². The number of halogens is 1. The van der Waals surface area contributed by atoms with Crippen molar-refractivity contribution in [2.24, 2.45) is 5.92 Å². The Balaban J connectivity index is 2.43. The number of rotatable bonds is 4. The van der Waals surface area contributed by atoms with Crippen molar-refractivity contribution in [2.45, 2.75) is 20.8 Å². The van der Waals surface area contributed by atoms with E-state index in [0.717, 1.165) is 5.56 Å². The van der Waals surface area contributed by atoms with Gasteiger partial charge in [-0.25, -0.2) is 14.8 Å². The topological polar surface area (TPSA) is 64.1 Å². The minimum Gasteiger partial charge on any atom is -0.461 e. The molecule has 0 aliphatic heterocycles. The van der Waals surface area contributed by atoms with Gasteiger partial charge in [-0.05, 0) is 18.4 Å². The Labute approximate surface area is 126 Å². The number of anilines is 1. The molecule has 5 nitrogen and oxygen atoms in total. The third-order valence-electron chi connectivity index (χ3n) is 2.70. The highest BCUT2D eigenvalue weighted by molar-refractivity contribution is 7.20. The van der Waals surface area contributed by atoms with E-state index in [2.05, 4.69) is 15.3 Å². The minimum atomic E-state index is -0.332. The number of hydrogen-bond donors (Lipinski definition) is 1. The minimum absolute atomic E-state index is 0.299.